The van der Waals surface area contributed by atoms with Gasteiger partial charge in [0.1, 0.15) is 5.75 Å². The number of methoxy groups -OCH3 is 1. The van der Waals surface area contributed by atoms with Gasteiger partial charge in [-0.15, -0.1) is 0 Å². The maximum atomic E-state index is 9.41. The molecule has 2 atom stereocenters. The van der Waals surface area contributed by atoms with Gasteiger partial charge in [-0.3, -0.25) is 0 Å². The van der Waals surface area contributed by atoms with E-state index in [-0.39, 0.29) is 12.5 Å². The number of aliphatic hydroxyl groups excluding tert-OH is 2. The lowest BCUT2D eigenvalue weighted by Crippen LogP contribution is -2.15. The summed E-state index contributed by atoms with van der Waals surface area (Å²) in [6.45, 7) is 3.90. The summed E-state index contributed by atoms with van der Waals surface area (Å²) in [5, 5.41) is 18.2. The second kappa shape index (κ2) is 5.87. The summed E-state index contributed by atoms with van der Waals surface area (Å²) in [6, 6.07) is 5.92. The van der Waals surface area contributed by atoms with E-state index in [1.165, 1.54) is 5.56 Å². The van der Waals surface area contributed by atoms with Crippen molar-refractivity contribution < 1.29 is 14.9 Å². The van der Waals surface area contributed by atoms with Gasteiger partial charge in [0.2, 0.25) is 0 Å². The van der Waals surface area contributed by atoms with Crippen molar-refractivity contribution in [3.63, 3.8) is 0 Å². The van der Waals surface area contributed by atoms with Crippen LogP contribution in [-0.2, 0) is 0 Å². The zero-order valence-electron chi connectivity index (χ0n) is 10.1. The van der Waals surface area contributed by atoms with E-state index in [0.29, 0.717) is 6.42 Å². The highest BCUT2D eigenvalue weighted by molar-refractivity contribution is 5.36. The second-order valence-corrected chi connectivity index (χ2v) is 4.20. The predicted molar refractivity (Wildman–Crippen MR) is 63.9 cm³/mol. The van der Waals surface area contributed by atoms with Crippen LogP contribution in [0.4, 0.5) is 0 Å². The zero-order chi connectivity index (χ0) is 12.1. The quantitative estimate of drug-likeness (QED) is 0.802. The van der Waals surface area contributed by atoms with Crippen molar-refractivity contribution in [3.05, 3.63) is 29.3 Å². The average Bonchev–Trinajstić information content (AvgIpc) is 2.28. The molecule has 0 fully saturated rings. The monoisotopic (exact) mass is 224 g/mol. The minimum Gasteiger partial charge on any atom is -0.497 e. The van der Waals surface area contributed by atoms with E-state index in [1.807, 2.05) is 32.0 Å². The molecule has 0 aliphatic rings. The molecule has 0 aliphatic carbocycles. The highest BCUT2D eigenvalue weighted by Gasteiger charge is 2.13. The van der Waals surface area contributed by atoms with Gasteiger partial charge in [-0.05, 0) is 42.5 Å². The van der Waals surface area contributed by atoms with Crippen LogP contribution in [0.1, 0.15) is 30.4 Å². The van der Waals surface area contributed by atoms with Crippen molar-refractivity contribution in [1.82, 2.24) is 0 Å². The van der Waals surface area contributed by atoms with Crippen molar-refractivity contribution in [2.24, 2.45) is 0 Å². The first kappa shape index (κ1) is 13.0. The summed E-state index contributed by atoms with van der Waals surface area (Å²) in [5.41, 5.74) is 2.34. The topological polar surface area (TPSA) is 49.7 Å². The normalized spacial score (nSPS) is 14.6. The molecule has 0 saturated carbocycles. The first-order chi connectivity index (χ1) is 7.58. The van der Waals surface area contributed by atoms with Gasteiger partial charge in [-0.25, -0.2) is 0 Å². The Morgan fingerprint density at radius 2 is 2.06 bits per heavy atom. The molecule has 2 N–H and O–H groups in total. The van der Waals surface area contributed by atoms with Gasteiger partial charge < -0.3 is 14.9 Å². The summed E-state index contributed by atoms with van der Waals surface area (Å²) in [7, 11) is 1.65. The second-order valence-electron chi connectivity index (χ2n) is 4.20. The lowest BCUT2D eigenvalue weighted by atomic mass is 9.91. The third-order valence-corrected chi connectivity index (χ3v) is 2.84. The van der Waals surface area contributed by atoms with Gasteiger partial charge in [0, 0.05) is 0 Å². The summed E-state index contributed by atoms with van der Waals surface area (Å²) in [6.07, 6.45) is -0.0690. The molecule has 0 spiro atoms. The average molecular weight is 224 g/mol. The molecule has 90 valence electrons. The van der Waals surface area contributed by atoms with Gasteiger partial charge in [-0.2, -0.15) is 0 Å². The van der Waals surface area contributed by atoms with Gasteiger partial charge in [0.15, 0.2) is 0 Å². The van der Waals surface area contributed by atoms with Crippen LogP contribution in [0.5, 0.6) is 5.75 Å². The van der Waals surface area contributed by atoms with Crippen LogP contribution in [0, 0.1) is 6.92 Å². The Bertz CT molecular complexity index is 336. The number of aliphatic hydroxyl groups is 2. The van der Waals surface area contributed by atoms with E-state index in [2.05, 4.69) is 0 Å². The molecule has 3 nitrogen and oxygen atoms in total. The van der Waals surface area contributed by atoms with E-state index >= 15 is 0 Å². The molecule has 0 amide bonds. The molecular formula is C13H20O3. The highest BCUT2D eigenvalue weighted by Crippen LogP contribution is 2.26. The SMILES string of the molecule is COc1ccc(C(C)CC(O)CO)c(C)c1. The highest BCUT2D eigenvalue weighted by atomic mass is 16.5. The first-order valence-electron chi connectivity index (χ1n) is 5.52. The number of benzene rings is 1. The molecule has 0 radical (unpaired) electrons. The molecule has 0 aliphatic heterocycles. The zero-order valence-corrected chi connectivity index (χ0v) is 10.1. The molecule has 1 aromatic rings. The number of hydrogen-bond acceptors (Lipinski definition) is 3. The molecule has 0 bridgehead atoms. The Morgan fingerprint density at radius 1 is 1.38 bits per heavy atom. The number of rotatable bonds is 5. The molecule has 16 heavy (non-hydrogen) atoms. The van der Waals surface area contributed by atoms with Crippen LogP contribution in [0.25, 0.3) is 0 Å². The molecule has 0 saturated heterocycles. The van der Waals surface area contributed by atoms with Gasteiger partial charge in [-0.1, -0.05) is 13.0 Å². The fourth-order valence-electron chi connectivity index (χ4n) is 1.94. The van der Waals surface area contributed by atoms with Crippen molar-refractivity contribution in [3.8, 4) is 5.75 Å². The minimum atomic E-state index is -0.642. The van der Waals surface area contributed by atoms with E-state index in [9.17, 15) is 5.11 Å². The maximum Gasteiger partial charge on any atom is 0.119 e. The maximum absolute atomic E-state index is 9.41. The largest absolute Gasteiger partial charge is 0.497 e. The standard InChI is InChI=1S/C13H20O3/c1-9(6-11(15)8-14)13-5-4-12(16-3)7-10(13)2/h4-5,7,9,11,14-15H,6,8H2,1-3H3. The third-order valence-electron chi connectivity index (χ3n) is 2.84. The number of hydrogen-bond donors (Lipinski definition) is 2. The van der Waals surface area contributed by atoms with E-state index in [0.717, 1.165) is 11.3 Å². The Balaban J connectivity index is 2.79. The summed E-state index contributed by atoms with van der Waals surface area (Å²) >= 11 is 0. The predicted octanol–water partition coefficient (Wildman–Crippen LogP) is 1.85. The van der Waals surface area contributed by atoms with Crippen molar-refractivity contribution in [2.45, 2.75) is 32.3 Å². The molecular weight excluding hydrogens is 204 g/mol. The first-order valence-corrected chi connectivity index (χ1v) is 5.52. The third kappa shape index (κ3) is 3.22. The van der Waals surface area contributed by atoms with Gasteiger partial charge >= 0.3 is 0 Å². The van der Waals surface area contributed by atoms with Crippen molar-refractivity contribution in [1.29, 1.82) is 0 Å². The molecule has 0 aromatic heterocycles. The molecule has 0 heterocycles. The lowest BCUT2D eigenvalue weighted by molar-refractivity contribution is 0.0835. The van der Waals surface area contributed by atoms with Crippen LogP contribution >= 0.6 is 0 Å². The van der Waals surface area contributed by atoms with E-state index in [4.69, 9.17) is 9.84 Å². The van der Waals surface area contributed by atoms with Crippen molar-refractivity contribution in [2.75, 3.05) is 13.7 Å². The lowest BCUT2D eigenvalue weighted by Gasteiger charge is -2.17. The fraction of sp³-hybridized carbons (Fsp3) is 0.538. The van der Waals surface area contributed by atoms with Gasteiger partial charge in [0.05, 0.1) is 19.8 Å². The Hall–Kier alpha value is -1.06. The van der Waals surface area contributed by atoms with Crippen LogP contribution in [0.2, 0.25) is 0 Å². The van der Waals surface area contributed by atoms with Crippen molar-refractivity contribution >= 4 is 0 Å². The van der Waals surface area contributed by atoms with Gasteiger partial charge in [0.25, 0.3) is 0 Å². The fourth-order valence-corrected chi connectivity index (χ4v) is 1.94. The summed E-state index contributed by atoms with van der Waals surface area (Å²) in [4.78, 5) is 0. The van der Waals surface area contributed by atoms with E-state index < -0.39 is 6.10 Å². The molecule has 1 aromatic carbocycles. The Morgan fingerprint density at radius 3 is 2.56 bits per heavy atom. The van der Waals surface area contributed by atoms with Crippen LogP contribution in [0.15, 0.2) is 18.2 Å². The summed E-state index contributed by atoms with van der Waals surface area (Å²) < 4.78 is 5.14. The minimum absolute atomic E-state index is 0.181. The Kier molecular flexibility index (Phi) is 4.77. The van der Waals surface area contributed by atoms with Crippen LogP contribution < -0.4 is 4.74 Å². The molecule has 3 heteroatoms. The Labute approximate surface area is 96.7 Å². The van der Waals surface area contributed by atoms with Crippen LogP contribution in [-0.4, -0.2) is 30.0 Å². The van der Waals surface area contributed by atoms with E-state index in [1.54, 1.807) is 7.11 Å². The smallest absolute Gasteiger partial charge is 0.119 e. The molecule has 1 rings (SSSR count). The molecule has 2 unspecified atom stereocenters. The van der Waals surface area contributed by atoms with Crippen LogP contribution in [0.3, 0.4) is 0 Å². The number of aryl methyl sites for hydroxylation is 1. The number of ether oxygens (including phenoxy) is 1. The summed E-state index contributed by atoms with van der Waals surface area (Å²) in [5.74, 6) is 1.07.